The first-order valence-electron chi connectivity index (χ1n) is 6.02. The van der Waals surface area contributed by atoms with Gasteiger partial charge in [-0.05, 0) is 25.1 Å². The van der Waals surface area contributed by atoms with E-state index in [0.29, 0.717) is 28.3 Å². The van der Waals surface area contributed by atoms with Crippen molar-refractivity contribution < 1.29 is 9.47 Å². The van der Waals surface area contributed by atoms with Gasteiger partial charge in [0.25, 0.3) is 0 Å². The molecule has 0 spiro atoms. The van der Waals surface area contributed by atoms with Gasteiger partial charge in [-0.3, -0.25) is 0 Å². The van der Waals surface area contributed by atoms with Crippen molar-refractivity contribution in [3.05, 3.63) is 28.2 Å². The SMILES string of the molecule is COC[C@H](Oc1cccc(Cl)c1Cl)[C@H]1CCNC1. The molecule has 0 aromatic heterocycles. The van der Waals surface area contributed by atoms with E-state index in [1.807, 2.05) is 12.1 Å². The van der Waals surface area contributed by atoms with Gasteiger partial charge in [0.2, 0.25) is 0 Å². The zero-order valence-corrected chi connectivity index (χ0v) is 11.8. The Bertz CT molecular complexity index is 395. The number of hydrogen-bond donors (Lipinski definition) is 1. The first kappa shape index (κ1) is 13.9. The third kappa shape index (κ3) is 3.29. The van der Waals surface area contributed by atoms with Crippen LogP contribution in [0.1, 0.15) is 6.42 Å². The van der Waals surface area contributed by atoms with Crippen molar-refractivity contribution in [2.45, 2.75) is 12.5 Å². The maximum atomic E-state index is 6.13. The summed E-state index contributed by atoms with van der Waals surface area (Å²) in [6.07, 6.45) is 1.09. The predicted molar refractivity (Wildman–Crippen MR) is 73.7 cm³/mol. The van der Waals surface area contributed by atoms with Crippen molar-refractivity contribution in [3.8, 4) is 5.75 Å². The van der Waals surface area contributed by atoms with Gasteiger partial charge in [-0.2, -0.15) is 0 Å². The molecule has 1 N–H and O–H groups in total. The lowest BCUT2D eigenvalue weighted by Crippen LogP contribution is -2.33. The molecule has 18 heavy (non-hydrogen) atoms. The fraction of sp³-hybridized carbons (Fsp3) is 0.538. The van der Waals surface area contributed by atoms with Crippen LogP contribution in [-0.2, 0) is 4.74 Å². The van der Waals surface area contributed by atoms with Crippen molar-refractivity contribution in [1.29, 1.82) is 0 Å². The molecule has 0 amide bonds. The van der Waals surface area contributed by atoms with Crippen LogP contribution in [-0.4, -0.2) is 32.9 Å². The smallest absolute Gasteiger partial charge is 0.139 e. The second-order valence-electron chi connectivity index (χ2n) is 4.42. The summed E-state index contributed by atoms with van der Waals surface area (Å²) in [5, 5.41) is 4.30. The Labute approximate surface area is 117 Å². The Morgan fingerprint density at radius 2 is 2.28 bits per heavy atom. The van der Waals surface area contributed by atoms with Crippen molar-refractivity contribution in [2.75, 3.05) is 26.8 Å². The molecule has 1 aromatic carbocycles. The van der Waals surface area contributed by atoms with Gasteiger partial charge in [-0.1, -0.05) is 29.3 Å². The molecule has 100 valence electrons. The molecule has 1 fully saturated rings. The fourth-order valence-electron chi connectivity index (χ4n) is 2.16. The molecule has 1 aliphatic heterocycles. The summed E-state index contributed by atoms with van der Waals surface area (Å²) < 4.78 is 11.2. The molecule has 1 saturated heterocycles. The number of benzene rings is 1. The second-order valence-corrected chi connectivity index (χ2v) is 5.20. The van der Waals surface area contributed by atoms with E-state index in [-0.39, 0.29) is 6.10 Å². The molecular weight excluding hydrogens is 273 g/mol. The van der Waals surface area contributed by atoms with E-state index < -0.39 is 0 Å². The maximum absolute atomic E-state index is 6.13. The minimum atomic E-state index is 0.000895. The highest BCUT2D eigenvalue weighted by molar-refractivity contribution is 6.42. The molecule has 0 saturated carbocycles. The van der Waals surface area contributed by atoms with Crippen LogP contribution in [0.15, 0.2) is 18.2 Å². The molecule has 1 aromatic rings. The molecule has 1 aliphatic rings. The summed E-state index contributed by atoms with van der Waals surface area (Å²) >= 11 is 12.1. The largest absolute Gasteiger partial charge is 0.486 e. The number of nitrogens with one attached hydrogen (secondary N) is 1. The molecule has 5 heteroatoms. The zero-order chi connectivity index (χ0) is 13.0. The molecule has 0 radical (unpaired) electrons. The van der Waals surface area contributed by atoms with E-state index >= 15 is 0 Å². The van der Waals surface area contributed by atoms with Gasteiger partial charge in [-0.25, -0.2) is 0 Å². The van der Waals surface area contributed by atoms with E-state index in [0.717, 1.165) is 19.5 Å². The summed E-state index contributed by atoms with van der Waals surface area (Å²) in [5.41, 5.74) is 0. The molecule has 1 heterocycles. The van der Waals surface area contributed by atoms with Crippen LogP contribution in [0, 0.1) is 5.92 Å². The molecule has 2 rings (SSSR count). The number of rotatable bonds is 5. The summed E-state index contributed by atoms with van der Waals surface area (Å²) in [4.78, 5) is 0. The van der Waals surface area contributed by atoms with E-state index in [2.05, 4.69) is 5.32 Å². The van der Waals surface area contributed by atoms with Gasteiger partial charge in [0, 0.05) is 19.6 Å². The highest BCUT2D eigenvalue weighted by atomic mass is 35.5. The molecule has 0 bridgehead atoms. The van der Waals surface area contributed by atoms with Crippen molar-refractivity contribution in [2.24, 2.45) is 5.92 Å². The third-order valence-electron chi connectivity index (χ3n) is 3.15. The van der Waals surface area contributed by atoms with Crippen molar-refractivity contribution in [1.82, 2.24) is 5.32 Å². The Morgan fingerprint density at radius 3 is 2.94 bits per heavy atom. The minimum Gasteiger partial charge on any atom is -0.486 e. The average Bonchev–Trinajstić information content (AvgIpc) is 2.88. The molecular formula is C13H17Cl2NO2. The summed E-state index contributed by atoms with van der Waals surface area (Å²) in [7, 11) is 1.68. The van der Waals surface area contributed by atoms with Crippen LogP contribution in [0.4, 0.5) is 0 Å². The quantitative estimate of drug-likeness (QED) is 0.904. The van der Waals surface area contributed by atoms with E-state index in [4.69, 9.17) is 32.7 Å². The van der Waals surface area contributed by atoms with Gasteiger partial charge >= 0.3 is 0 Å². The van der Waals surface area contributed by atoms with Crippen LogP contribution in [0.5, 0.6) is 5.75 Å². The Morgan fingerprint density at radius 1 is 1.44 bits per heavy atom. The number of ether oxygens (including phenoxy) is 2. The van der Waals surface area contributed by atoms with Gasteiger partial charge in [0.15, 0.2) is 0 Å². The summed E-state index contributed by atoms with van der Waals surface area (Å²) in [6.45, 7) is 2.53. The highest BCUT2D eigenvalue weighted by Crippen LogP contribution is 2.33. The van der Waals surface area contributed by atoms with Crippen molar-refractivity contribution >= 4 is 23.2 Å². The normalized spacial score (nSPS) is 20.9. The van der Waals surface area contributed by atoms with Crippen molar-refractivity contribution in [3.63, 3.8) is 0 Å². The number of halogens is 2. The van der Waals surface area contributed by atoms with Crippen LogP contribution < -0.4 is 10.1 Å². The fourth-order valence-corrected chi connectivity index (χ4v) is 2.50. The summed E-state index contributed by atoms with van der Waals surface area (Å²) in [5.74, 6) is 1.07. The summed E-state index contributed by atoms with van der Waals surface area (Å²) in [6, 6.07) is 5.42. The van der Waals surface area contributed by atoms with Gasteiger partial charge in [-0.15, -0.1) is 0 Å². The lowest BCUT2D eigenvalue weighted by Gasteiger charge is -2.24. The molecule has 2 atom stereocenters. The maximum Gasteiger partial charge on any atom is 0.139 e. The minimum absolute atomic E-state index is 0.000895. The van der Waals surface area contributed by atoms with Crippen LogP contribution >= 0.6 is 23.2 Å². The van der Waals surface area contributed by atoms with Gasteiger partial charge in [0.05, 0.1) is 11.6 Å². The van der Waals surface area contributed by atoms with E-state index in [1.54, 1.807) is 13.2 Å². The Kier molecular flexibility index (Phi) is 5.13. The van der Waals surface area contributed by atoms with Gasteiger partial charge < -0.3 is 14.8 Å². The standard InChI is InChI=1S/C13H17Cl2NO2/c1-17-8-12(9-5-6-16-7-9)18-11-4-2-3-10(14)13(11)15/h2-4,9,12,16H,5-8H2,1H3/t9-,12-/m0/s1. The number of hydrogen-bond acceptors (Lipinski definition) is 3. The molecule has 0 aliphatic carbocycles. The number of methoxy groups -OCH3 is 1. The zero-order valence-electron chi connectivity index (χ0n) is 10.3. The van der Waals surface area contributed by atoms with Gasteiger partial charge in [0.1, 0.15) is 16.9 Å². The van der Waals surface area contributed by atoms with Crippen LogP contribution in [0.25, 0.3) is 0 Å². The monoisotopic (exact) mass is 289 g/mol. The Balaban J connectivity index is 2.10. The first-order chi connectivity index (χ1) is 8.72. The van der Waals surface area contributed by atoms with Crippen LogP contribution in [0.2, 0.25) is 10.0 Å². The third-order valence-corrected chi connectivity index (χ3v) is 3.95. The first-order valence-corrected chi connectivity index (χ1v) is 6.78. The average molecular weight is 290 g/mol. The lowest BCUT2D eigenvalue weighted by molar-refractivity contribution is 0.0483. The second kappa shape index (κ2) is 6.62. The van der Waals surface area contributed by atoms with E-state index in [9.17, 15) is 0 Å². The Hall–Kier alpha value is -0.480. The van der Waals surface area contributed by atoms with Crippen LogP contribution in [0.3, 0.4) is 0 Å². The predicted octanol–water partition coefficient (Wildman–Crippen LogP) is 3.00. The van der Waals surface area contributed by atoms with E-state index in [1.165, 1.54) is 0 Å². The lowest BCUT2D eigenvalue weighted by atomic mass is 10.0. The highest BCUT2D eigenvalue weighted by Gasteiger charge is 2.27. The topological polar surface area (TPSA) is 30.5 Å². The molecule has 0 unspecified atom stereocenters. The molecule has 3 nitrogen and oxygen atoms in total.